The second kappa shape index (κ2) is 5.80. The lowest BCUT2D eigenvalue weighted by Crippen LogP contribution is -2.44. The minimum absolute atomic E-state index is 0.166. The van der Waals surface area contributed by atoms with E-state index < -0.39 is 0 Å². The quantitative estimate of drug-likeness (QED) is 0.872. The SMILES string of the molecule is CCC(C)(CO)NCc1ccc(Br)c(C)c1. The van der Waals surface area contributed by atoms with Gasteiger partial charge in [0.05, 0.1) is 6.61 Å². The highest BCUT2D eigenvalue weighted by atomic mass is 79.9. The van der Waals surface area contributed by atoms with Gasteiger partial charge in [-0.2, -0.15) is 0 Å². The van der Waals surface area contributed by atoms with Gasteiger partial charge in [0, 0.05) is 16.6 Å². The van der Waals surface area contributed by atoms with E-state index in [0.29, 0.717) is 0 Å². The van der Waals surface area contributed by atoms with Crippen LogP contribution in [0.5, 0.6) is 0 Å². The van der Waals surface area contributed by atoms with Crippen molar-refractivity contribution in [3.8, 4) is 0 Å². The zero-order valence-electron chi connectivity index (χ0n) is 10.2. The van der Waals surface area contributed by atoms with Crippen LogP contribution in [0.3, 0.4) is 0 Å². The lowest BCUT2D eigenvalue weighted by molar-refractivity contribution is 0.169. The van der Waals surface area contributed by atoms with E-state index >= 15 is 0 Å². The van der Waals surface area contributed by atoms with Crippen LogP contribution < -0.4 is 5.32 Å². The molecule has 0 saturated carbocycles. The van der Waals surface area contributed by atoms with Crippen LogP contribution in [0.1, 0.15) is 31.4 Å². The Kier molecular flexibility index (Phi) is 4.96. The second-order valence-electron chi connectivity index (χ2n) is 4.51. The summed E-state index contributed by atoms with van der Waals surface area (Å²) in [4.78, 5) is 0. The van der Waals surface area contributed by atoms with Gasteiger partial charge in [-0.3, -0.25) is 0 Å². The third-order valence-electron chi connectivity index (χ3n) is 3.07. The van der Waals surface area contributed by atoms with Crippen molar-refractivity contribution in [3.05, 3.63) is 33.8 Å². The summed E-state index contributed by atoms with van der Waals surface area (Å²) in [6.45, 7) is 7.16. The van der Waals surface area contributed by atoms with E-state index in [1.54, 1.807) is 0 Å². The van der Waals surface area contributed by atoms with E-state index in [4.69, 9.17) is 0 Å². The van der Waals surface area contributed by atoms with Crippen molar-refractivity contribution in [2.24, 2.45) is 0 Å². The Hall–Kier alpha value is -0.380. The van der Waals surface area contributed by atoms with E-state index in [2.05, 4.69) is 53.3 Å². The van der Waals surface area contributed by atoms with Crippen molar-refractivity contribution in [1.29, 1.82) is 0 Å². The molecule has 0 fully saturated rings. The van der Waals surface area contributed by atoms with Crippen LogP contribution in [0.25, 0.3) is 0 Å². The molecule has 1 rings (SSSR count). The number of nitrogens with one attached hydrogen (secondary N) is 1. The number of hydrogen-bond donors (Lipinski definition) is 2. The first kappa shape index (κ1) is 13.7. The number of benzene rings is 1. The molecular weight excluding hydrogens is 266 g/mol. The summed E-state index contributed by atoms with van der Waals surface area (Å²) in [5.41, 5.74) is 2.30. The van der Waals surface area contributed by atoms with Gasteiger partial charge in [0.2, 0.25) is 0 Å². The summed E-state index contributed by atoms with van der Waals surface area (Å²) in [6.07, 6.45) is 0.916. The maximum absolute atomic E-state index is 9.29. The van der Waals surface area contributed by atoms with Crippen LogP contribution in [-0.2, 0) is 6.54 Å². The molecule has 1 aromatic carbocycles. The third kappa shape index (κ3) is 3.58. The Bertz CT molecular complexity index is 348. The normalized spacial score (nSPS) is 14.8. The maximum atomic E-state index is 9.29. The summed E-state index contributed by atoms with van der Waals surface area (Å²) in [7, 11) is 0. The van der Waals surface area contributed by atoms with Gasteiger partial charge < -0.3 is 10.4 Å². The van der Waals surface area contributed by atoms with E-state index in [1.165, 1.54) is 11.1 Å². The molecule has 16 heavy (non-hydrogen) atoms. The van der Waals surface area contributed by atoms with Crippen molar-refractivity contribution >= 4 is 15.9 Å². The highest BCUT2D eigenvalue weighted by Crippen LogP contribution is 2.18. The summed E-state index contributed by atoms with van der Waals surface area (Å²) in [6, 6.07) is 6.32. The van der Waals surface area contributed by atoms with Crippen LogP contribution in [0.15, 0.2) is 22.7 Å². The van der Waals surface area contributed by atoms with E-state index in [9.17, 15) is 5.11 Å². The van der Waals surface area contributed by atoms with Gasteiger partial charge in [-0.1, -0.05) is 35.0 Å². The van der Waals surface area contributed by atoms with Gasteiger partial charge in [-0.25, -0.2) is 0 Å². The Balaban J connectivity index is 2.64. The molecule has 0 saturated heterocycles. The molecule has 1 unspecified atom stereocenters. The molecule has 1 aromatic rings. The molecule has 0 spiro atoms. The molecule has 1 atom stereocenters. The third-order valence-corrected chi connectivity index (χ3v) is 3.96. The van der Waals surface area contributed by atoms with Crippen LogP contribution in [0.2, 0.25) is 0 Å². The zero-order chi connectivity index (χ0) is 12.2. The lowest BCUT2D eigenvalue weighted by atomic mass is 9.99. The molecule has 0 bridgehead atoms. The monoisotopic (exact) mass is 285 g/mol. The van der Waals surface area contributed by atoms with Gasteiger partial charge in [-0.15, -0.1) is 0 Å². The molecule has 2 N–H and O–H groups in total. The molecule has 2 nitrogen and oxygen atoms in total. The zero-order valence-corrected chi connectivity index (χ0v) is 11.8. The molecular formula is C13H20BrNO. The summed E-state index contributed by atoms with van der Waals surface area (Å²) in [5, 5.41) is 12.7. The molecule has 90 valence electrons. The first-order valence-corrected chi connectivity index (χ1v) is 6.41. The van der Waals surface area contributed by atoms with Gasteiger partial charge in [0.15, 0.2) is 0 Å². The molecule has 0 radical (unpaired) electrons. The fourth-order valence-electron chi connectivity index (χ4n) is 1.42. The van der Waals surface area contributed by atoms with Crippen molar-refractivity contribution in [2.75, 3.05) is 6.61 Å². The molecule has 0 aromatic heterocycles. The number of hydrogen-bond acceptors (Lipinski definition) is 2. The minimum atomic E-state index is -0.180. The number of aryl methyl sites for hydroxylation is 1. The van der Waals surface area contributed by atoms with Gasteiger partial charge >= 0.3 is 0 Å². The average Bonchev–Trinajstić information content (AvgIpc) is 2.30. The summed E-state index contributed by atoms with van der Waals surface area (Å²) >= 11 is 3.49. The first-order chi connectivity index (χ1) is 7.50. The summed E-state index contributed by atoms with van der Waals surface area (Å²) in [5.74, 6) is 0. The van der Waals surface area contributed by atoms with Crippen LogP contribution in [0, 0.1) is 6.92 Å². The van der Waals surface area contributed by atoms with Crippen molar-refractivity contribution in [1.82, 2.24) is 5.32 Å². The minimum Gasteiger partial charge on any atom is -0.394 e. The van der Waals surface area contributed by atoms with Crippen molar-refractivity contribution in [3.63, 3.8) is 0 Å². The van der Waals surface area contributed by atoms with E-state index in [0.717, 1.165) is 17.4 Å². The summed E-state index contributed by atoms with van der Waals surface area (Å²) < 4.78 is 1.14. The highest BCUT2D eigenvalue weighted by molar-refractivity contribution is 9.10. The standard InChI is InChI=1S/C13H20BrNO/c1-4-13(3,9-16)15-8-11-5-6-12(14)10(2)7-11/h5-7,15-16H,4,8-9H2,1-3H3. The smallest absolute Gasteiger partial charge is 0.0610 e. The van der Waals surface area contributed by atoms with Crippen molar-refractivity contribution in [2.45, 2.75) is 39.3 Å². The van der Waals surface area contributed by atoms with Gasteiger partial charge in [0.1, 0.15) is 0 Å². The second-order valence-corrected chi connectivity index (χ2v) is 5.36. The number of aliphatic hydroxyl groups excluding tert-OH is 1. The number of aliphatic hydroxyl groups is 1. The predicted molar refractivity (Wildman–Crippen MR) is 71.5 cm³/mol. The Morgan fingerprint density at radius 3 is 2.62 bits per heavy atom. The Labute approximate surface area is 106 Å². The lowest BCUT2D eigenvalue weighted by Gasteiger charge is -2.27. The highest BCUT2D eigenvalue weighted by Gasteiger charge is 2.19. The van der Waals surface area contributed by atoms with Gasteiger partial charge in [-0.05, 0) is 37.5 Å². The van der Waals surface area contributed by atoms with Crippen LogP contribution in [-0.4, -0.2) is 17.3 Å². The van der Waals surface area contributed by atoms with Gasteiger partial charge in [0.25, 0.3) is 0 Å². The van der Waals surface area contributed by atoms with E-state index in [1.807, 2.05) is 6.92 Å². The topological polar surface area (TPSA) is 32.3 Å². The molecule has 3 heteroatoms. The van der Waals surface area contributed by atoms with E-state index in [-0.39, 0.29) is 12.1 Å². The Morgan fingerprint density at radius 2 is 2.12 bits per heavy atom. The fourth-order valence-corrected chi connectivity index (χ4v) is 1.67. The molecule has 0 aliphatic heterocycles. The predicted octanol–water partition coefficient (Wildman–Crippen LogP) is 3.01. The maximum Gasteiger partial charge on any atom is 0.0610 e. The van der Waals surface area contributed by atoms with Crippen LogP contribution >= 0.6 is 15.9 Å². The first-order valence-electron chi connectivity index (χ1n) is 5.61. The largest absolute Gasteiger partial charge is 0.394 e. The molecule has 0 heterocycles. The van der Waals surface area contributed by atoms with Crippen molar-refractivity contribution < 1.29 is 5.11 Å². The number of halogens is 1. The average molecular weight is 286 g/mol. The molecule has 0 amide bonds. The fraction of sp³-hybridized carbons (Fsp3) is 0.538. The molecule has 0 aliphatic carbocycles. The van der Waals surface area contributed by atoms with Crippen LogP contribution in [0.4, 0.5) is 0 Å². The Morgan fingerprint density at radius 1 is 1.44 bits per heavy atom. The molecule has 0 aliphatic rings. The number of rotatable bonds is 5.